The first-order chi connectivity index (χ1) is 14.9. The van der Waals surface area contributed by atoms with Crippen LogP contribution in [0.3, 0.4) is 0 Å². The van der Waals surface area contributed by atoms with Crippen LogP contribution in [0.5, 0.6) is 11.5 Å². The average Bonchev–Trinajstić information content (AvgIpc) is 2.79. The number of fused-ring (bicyclic) bond motifs is 1. The Balaban J connectivity index is 1.41. The van der Waals surface area contributed by atoms with E-state index in [2.05, 4.69) is 0 Å². The molecule has 0 bridgehead atoms. The van der Waals surface area contributed by atoms with Gasteiger partial charge in [-0.05, 0) is 12.1 Å². The predicted octanol–water partition coefficient (Wildman–Crippen LogP) is 1.44. The molecule has 0 aromatic heterocycles. The normalized spacial score (nSPS) is 16.7. The molecule has 0 unspecified atom stereocenters. The molecule has 2 heterocycles. The Kier molecular flexibility index (Phi) is 5.79. The van der Waals surface area contributed by atoms with Crippen LogP contribution in [0.4, 0.5) is 5.69 Å². The van der Waals surface area contributed by atoms with Crippen LogP contribution in [-0.2, 0) is 21.2 Å². The van der Waals surface area contributed by atoms with Gasteiger partial charge in [-0.15, -0.1) is 0 Å². The van der Waals surface area contributed by atoms with Gasteiger partial charge in [0, 0.05) is 43.9 Å². The highest BCUT2D eigenvalue weighted by Gasteiger charge is 2.31. The topological polar surface area (TPSA) is 119 Å². The number of carbonyl (C=O) groups excluding carboxylic acids is 1. The molecule has 2 aliphatic rings. The second-order valence-corrected chi connectivity index (χ2v) is 9.09. The van der Waals surface area contributed by atoms with Crippen molar-refractivity contribution in [3.05, 3.63) is 58.1 Å². The number of piperazine rings is 1. The van der Waals surface area contributed by atoms with Crippen LogP contribution in [0.1, 0.15) is 5.56 Å². The molecule has 2 aromatic carbocycles. The number of sulfonamides is 1. The Morgan fingerprint density at radius 3 is 2.39 bits per heavy atom. The number of carbonyl (C=O) groups is 1. The summed E-state index contributed by atoms with van der Waals surface area (Å²) in [5.74, 6) is 0.631. The number of nitro groups is 1. The van der Waals surface area contributed by atoms with E-state index in [0.29, 0.717) is 30.3 Å². The minimum Gasteiger partial charge on any atom is -0.486 e. The third kappa shape index (κ3) is 4.32. The van der Waals surface area contributed by atoms with E-state index in [-0.39, 0.29) is 49.1 Å². The molecule has 31 heavy (non-hydrogen) atoms. The van der Waals surface area contributed by atoms with E-state index in [9.17, 15) is 23.3 Å². The van der Waals surface area contributed by atoms with Crippen molar-refractivity contribution in [3.63, 3.8) is 0 Å². The van der Waals surface area contributed by atoms with Gasteiger partial charge >= 0.3 is 0 Å². The molecule has 10 nitrogen and oxygen atoms in total. The van der Waals surface area contributed by atoms with Gasteiger partial charge in [0.25, 0.3) is 5.69 Å². The van der Waals surface area contributed by atoms with Crippen molar-refractivity contribution in [3.8, 4) is 11.5 Å². The smallest absolute Gasteiger partial charge is 0.273 e. The lowest BCUT2D eigenvalue weighted by atomic mass is 10.1. The molecule has 0 N–H and O–H groups in total. The first kappa shape index (κ1) is 21.1. The van der Waals surface area contributed by atoms with E-state index in [1.807, 2.05) is 0 Å². The lowest BCUT2D eigenvalue weighted by Gasteiger charge is -2.34. The molecular weight excluding hydrogens is 426 g/mol. The summed E-state index contributed by atoms with van der Waals surface area (Å²) in [6.45, 7) is 1.48. The SMILES string of the molecule is O=C(Cc1ccccc1[N+](=O)[O-])N1CCN(S(=O)(=O)c2ccc3c(c2)OCCO3)CC1. The lowest BCUT2D eigenvalue weighted by molar-refractivity contribution is -0.385. The molecule has 4 rings (SSSR count). The molecule has 1 amide bonds. The summed E-state index contributed by atoms with van der Waals surface area (Å²) in [6.07, 6.45) is -0.105. The summed E-state index contributed by atoms with van der Waals surface area (Å²) in [5.41, 5.74) is 0.236. The fraction of sp³-hybridized carbons (Fsp3) is 0.350. The van der Waals surface area contributed by atoms with Crippen molar-refractivity contribution in [1.82, 2.24) is 9.21 Å². The van der Waals surface area contributed by atoms with Crippen molar-refractivity contribution in [2.24, 2.45) is 0 Å². The molecule has 2 aromatic rings. The highest BCUT2D eigenvalue weighted by atomic mass is 32.2. The van der Waals surface area contributed by atoms with Gasteiger partial charge in [0.05, 0.1) is 16.2 Å². The van der Waals surface area contributed by atoms with Crippen molar-refractivity contribution in [2.75, 3.05) is 39.4 Å². The van der Waals surface area contributed by atoms with Gasteiger partial charge in [0.2, 0.25) is 15.9 Å². The van der Waals surface area contributed by atoms with Crippen LogP contribution in [0.25, 0.3) is 0 Å². The number of para-hydroxylation sites is 1. The number of rotatable bonds is 5. The summed E-state index contributed by atoms with van der Waals surface area (Å²) < 4.78 is 38.2. The maximum atomic E-state index is 13.0. The first-order valence-electron chi connectivity index (χ1n) is 9.76. The standard InChI is InChI=1S/C20H21N3O7S/c24-20(13-15-3-1-2-4-17(15)23(25)26)21-7-9-22(10-8-21)31(27,28)16-5-6-18-19(14-16)30-12-11-29-18/h1-6,14H,7-13H2. The minimum atomic E-state index is -3.75. The van der Waals surface area contributed by atoms with Crippen molar-refractivity contribution >= 4 is 21.6 Å². The zero-order valence-corrected chi connectivity index (χ0v) is 17.4. The molecule has 0 spiro atoms. The highest BCUT2D eigenvalue weighted by molar-refractivity contribution is 7.89. The summed E-state index contributed by atoms with van der Waals surface area (Å²) in [5, 5.41) is 11.1. The maximum absolute atomic E-state index is 13.0. The van der Waals surface area contributed by atoms with E-state index >= 15 is 0 Å². The summed E-state index contributed by atoms with van der Waals surface area (Å²) in [6, 6.07) is 10.6. The van der Waals surface area contributed by atoms with Gasteiger partial charge in [-0.3, -0.25) is 14.9 Å². The Morgan fingerprint density at radius 2 is 1.68 bits per heavy atom. The molecular formula is C20H21N3O7S. The fourth-order valence-electron chi connectivity index (χ4n) is 3.62. The molecule has 11 heteroatoms. The second kappa shape index (κ2) is 8.52. The number of benzene rings is 2. The number of amides is 1. The molecule has 1 saturated heterocycles. The summed E-state index contributed by atoms with van der Waals surface area (Å²) >= 11 is 0. The van der Waals surface area contributed by atoms with Gasteiger partial charge in [0.1, 0.15) is 13.2 Å². The zero-order valence-electron chi connectivity index (χ0n) is 16.6. The number of ether oxygens (including phenoxy) is 2. The molecule has 0 atom stereocenters. The molecule has 0 radical (unpaired) electrons. The second-order valence-electron chi connectivity index (χ2n) is 7.15. The lowest BCUT2D eigenvalue weighted by Crippen LogP contribution is -2.50. The minimum absolute atomic E-state index is 0.101. The predicted molar refractivity (Wildman–Crippen MR) is 110 cm³/mol. The van der Waals surface area contributed by atoms with Crippen LogP contribution in [0.2, 0.25) is 0 Å². The van der Waals surface area contributed by atoms with E-state index < -0.39 is 14.9 Å². The monoisotopic (exact) mass is 447 g/mol. The Bertz CT molecular complexity index is 1110. The van der Waals surface area contributed by atoms with E-state index in [0.717, 1.165) is 0 Å². The van der Waals surface area contributed by atoms with Gasteiger partial charge in [0.15, 0.2) is 11.5 Å². The van der Waals surface area contributed by atoms with Gasteiger partial charge in [-0.25, -0.2) is 8.42 Å². The van der Waals surface area contributed by atoms with E-state index in [1.165, 1.54) is 27.4 Å². The quantitative estimate of drug-likeness (QED) is 0.502. The van der Waals surface area contributed by atoms with Gasteiger partial charge in [-0.2, -0.15) is 4.31 Å². The van der Waals surface area contributed by atoms with Crippen LogP contribution >= 0.6 is 0 Å². The largest absolute Gasteiger partial charge is 0.486 e. The molecule has 0 saturated carbocycles. The van der Waals surface area contributed by atoms with E-state index in [1.54, 1.807) is 24.3 Å². The Hall–Kier alpha value is -3.18. The summed E-state index contributed by atoms with van der Waals surface area (Å²) in [7, 11) is -3.75. The molecule has 164 valence electrons. The van der Waals surface area contributed by atoms with Crippen LogP contribution in [-0.4, -0.2) is 67.8 Å². The van der Waals surface area contributed by atoms with Crippen molar-refractivity contribution in [1.29, 1.82) is 0 Å². The number of hydrogen-bond acceptors (Lipinski definition) is 7. The number of hydrogen-bond donors (Lipinski definition) is 0. The molecule has 0 aliphatic carbocycles. The van der Waals surface area contributed by atoms with Gasteiger partial charge in [-0.1, -0.05) is 18.2 Å². The zero-order chi connectivity index (χ0) is 22.0. The highest BCUT2D eigenvalue weighted by Crippen LogP contribution is 2.33. The van der Waals surface area contributed by atoms with Crippen molar-refractivity contribution < 1.29 is 27.6 Å². The fourth-order valence-corrected chi connectivity index (χ4v) is 5.06. The molecule has 1 fully saturated rings. The van der Waals surface area contributed by atoms with Crippen LogP contribution < -0.4 is 9.47 Å². The third-order valence-corrected chi connectivity index (χ3v) is 7.17. The average molecular weight is 447 g/mol. The first-order valence-corrected chi connectivity index (χ1v) is 11.2. The van der Waals surface area contributed by atoms with Gasteiger partial charge < -0.3 is 14.4 Å². The molecule has 2 aliphatic heterocycles. The number of nitrogens with zero attached hydrogens (tertiary/aromatic N) is 3. The third-order valence-electron chi connectivity index (χ3n) is 5.27. The number of nitro benzene ring substituents is 1. The van der Waals surface area contributed by atoms with E-state index in [4.69, 9.17) is 9.47 Å². The maximum Gasteiger partial charge on any atom is 0.273 e. The summed E-state index contributed by atoms with van der Waals surface area (Å²) in [4.78, 5) is 24.9. The Morgan fingerprint density at radius 1 is 1.00 bits per heavy atom. The van der Waals surface area contributed by atoms with Crippen molar-refractivity contribution in [2.45, 2.75) is 11.3 Å². The van der Waals surface area contributed by atoms with Crippen LogP contribution in [0, 0.1) is 10.1 Å². The van der Waals surface area contributed by atoms with Crippen LogP contribution in [0.15, 0.2) is 47.4 Å². The Labute approximate surface area is 179 Å².